The lowest BCUT2D eigenvalue weighted by Gasteiger charge is -2.45. The van der Waals surface area contributed by atoms with Crippen molar-refractivity contribution in [3.05, 3.63) is 83.4 Å². The van der Waals surface area contributed by atoms with E-state index in [-0.39, 0.29) is 39.5 Å². The number of methoxy groups -OCH3 is 4. The maximum Gasteiger partial charge on any atom is 0.312 e. The molecule has 0 bridgehead atoms. The number of hydrogen-bond acceptors (Lipinski definition) is 13. The summed E-state index contributed by atoms with van der Waals surface area (Å²) in [5.74, 6) is -1.78. The number of carbonyl (C=O) groups is 1. The van der Waals surface area contributed by atoms with Gasteiger partial charge in [-0.25, -0.2) is 0 Å². The molecule has 1 saturated heterocycles. The minimum absolute atomic E-state index is 0.0189. The first-order chi connectivity index (χ1) is 28.5. The second kappa shape index (κ2) is 17.2. The second-order valence-corrected chi connectivity index (χ2v) is 28.9. The van der Waals surface area contributed by atoms with Crippen molar-refractivity contribution < 1.29 is 61.8 Å². The monoisotopic (exact) mass is 882 g/mol. The smallest absolute Gasteiger partial charge is 0.312 e. The molecule has 0 amide bonds. The van der Waals surface area contributed by atoms with Gasteiger partial charge in [-0.05, 0) is 59.5 Å². The summed E-state index contributed by atoms with van der Waals surface area (Å²) < 4.78 is 62.9. The molecular weight excluding hydrogens is 817 g/mol. The highest BCUT2D eigenvalue weighted by atomic mass is 28.4. The van der Waals surface area contributed by atoms with E-state index in [1.165, 1.54) is 21.3 Å². The van der Waals surface area contributed by atoms with Crippen LogP contribution in [0.2, 0.25) is 36.3 Å². The maximum atomic E-state index is 13.7. The lowest BCUT2D eigenvalue weighted by molar-refractivity contribution is -0.323. The van der Waals surface area contributed by atoms with Gasteiger partial charge in [0.1, 0.15) is 35.2 Å². The van der Waals surface area contributed by atoms with Crippen LogP contribution in [0.5, 0.6) is 23.0 Å². The van der Waals surface area contributed by atoms with E-state index in [0.717, 1.165) is 0 Å². The quantitative estimate of drug-likeness (QED) is 0.121. The van der Waals surface area contributed by atoms with E-state index < -0.39 is 76.5 Å². The average Bonchev–Trinajstić information content (AvgIpc) is 3.59. The molecule has 1 aliphatic carbocycles. The van der Waals surface area contributed by atoms with Crippen LogP contribution in [-0.4, -0.2) is 105 Å². The highest BCUT2D eigenvalue weighted by molar-refractivity contribution is 6.74. The number of rotatable bonds is 14. The fourth-order valence-corrected chi connectivity index (χ4v) is 10.6. The molecule has 15 heteroatoms. The molecule has 2 fully saturated rings. The van der Waals surface area contributed by atoms with Crippen molar-refractivity contribution in [2.24, 2.45) is 5.92 Å². The minimum Gasteiger partial charge on any atom is -0.497 e. The highest BCUT2D eigenvalue weighted by Crippen LogP contribution is 2.70. The van der Waals surface area contributed by atoms with E-state index in [4.69, 9.17) is 46.7 Å². The summed E-state index contributed by atoms with van der Waals surface area (Å²) in [5.41, 5.74) is -2.76. The van der Waals surface area contributed by atoms with Gasteiger partial charge < -0.3 is 57.0 Å². The van der Waals surface area contributed by atoms with E-state index in [1.54, 1.807) is 43.5 Å². The first-order valence-corrected chi connectivity index (χ1v) is 26.7. The Morgan fingerprint density at radius 1 is 0.852 bits per heavy atom. The van der Waals surface area contributed by atoms with Gasteiger partial charge in [0.15, 0.2) is 27.8 Å². The third kappa shape index (κ3) is 8.26. The van der Waals surface area contributed by atoms with Crippen LogP contribution in [-0.2, 0) is 43.8 Å². The summed E-state index contributed by atoms with van der Waals surface area (Å²) in [6.45, 7) is 22.5. The maximum absolute atomic E-state index is 13.7. The van der Waals surface area contributed by atoms with Crippen molar-refractivity contribution >= 4 is 22.6 Å². The summed E-state index contributed by atoms with van der Waals surface area (Å²) >= 11 is 0. The molecule has 2 heterocycles. The van der Waals surface area contributed by atoms with Crippen molar-refractivity contribution in [3.8, 4) is 23.0 Å². The van der Waals surface area contributed by atoms with Crippen LogP contribution in [0.4, 0.5) is 0 Å². The molecule has 1 saturated carbocycles. The molecule has 0 radical (unpaired) electrons. The zero-order valence-electron chi connectivity index (χ0n) is 38.2. The van der Waals surface area contributed by atoms with Gasteiger partial charge >= 0.3 is 5.97 Å². The Bertz CT molecular complexity index is 2000. The molecule has 2 aliphatic heterocycles. The summed E-state index contributed by atoms with van der Waals surface area (Å²) in [6.07, 6.45) is -4.79. The van der Waals surface area contributed by atoms with E-state index >= 15 is 0 Å². The summed E-state index contributed by atoms with van der Waals surface area (Å²) in [7, 11) is 1.26. The van der Waals surface area contributed by atoms with Crippen molar-refractivity contribution in [1.29, 1.82) is 0 Å². The van der Waals surface area contributed by atoms with Crippen molar-refractivity contribution in [1.82, 2.24) is 0 Å². The number of fused-ring (bicyclic) bond motifs is 3. The fraction of sp³-hybridized carbons (Fsp3) is 0.587. The highest BCUT2D eigenvalue weighted by Gasteiger charge is 2.78. The number of hydrogen-bond donors (Lipinski definition) is 2. The zero-order valence-corrected chi connectivity index (χ0v) is 40.2. The Kier molecular flexibility index (Phi) is 13.3. The standard InChI is InChI=1S/C46H66O13Si2/c1-43(2,3)60(11,12)55-27-35(59-61(13,14)44(4,5)6)34-26-54-41(53-10)42(57-34)56-31-24-32(51-8)38-33(25-31)58-46(29-20-22-30(50-7)23-21-29)37(28-18-16-15-17-19-28)36(40(48)52-9)39(47)45(38,46)49/h15-25,34-37,39,41-42,47,49H,26-27H2,1-14H3/t34-,35+,36-,37-,39-,41-,42-,45+,46+/m1/s1. The molecule has 2 N–H and O–H groups in total. The Morgan fingerprint density at radius 3 is 2.05 bits per heavy atom. The lowest BCUT2D eigenvalue weighted by atomic mass is 9.70. The SMILES string of the molecule is COC(=O)[C@H]1[C@@H](O)[C@@]2(O)c3c(OC)cc(O[C@@H]4O[C@@H]([C@H](CO[Si](C)(C)C(C)(C)C)O[Si](C)(C)C(C)(C)C)CO[C@H]4OC)cc3O[C@@]2(c2ccc(OC)cc2)[C@@H]1c1ccccc1. The first kappa shape index (κ1) is 47.0. The van der Waals surface area contributed by atoms with Crippen molar-refractivity contribution in [2.75, 3.05) is 41.7 Å². The molecule has 3 aromatic rings. The molecule has 0 spiro atoms. The summed E-state index contributed by atoms with van der Waals surface area (Å²) in [6, 6.07) is 19.4. The van der Waals surface area contributed by atoms with Crippen LogP contribution in [0, 0.1) is 5.92 Å². The number of esters is 1. The largest absolute Gasteiger partial charge is 0.497 e. The van der Waals surface area contributed by atoms with E-state index in [0.29, 0.717) is 23.5 Å². The molecule has 0 unspecified atom stereocenters. The van der Waals surface area contributed by atoms with Gasteiger partial charge in [-0.3, -0.25) is 4.79 Å². The van der Waals surface area contributed by atoms with Gasteiger partial charge in [-0.1, -0.05) is 84.0 Å². The molecule has 61 heavy (non-hydrogen) atoms. The van der Waals surface area contributed by atoms with E-state index in [2.05, 4.69) is 67.7 Å². The molecule has 336 valence electrons. The molecule has 3 aromatic carbocycles. The average molecular weight is 883 g/mol. The van der Waals surface area contributed by atoms with Crippen LogP contribution in [0.25, 0.3) is 0 Å². The van der Waals surface area contributed by atoms with Crippen LogP contribution >= 0.6 is 0 Å². The molecule has 9 atom stereocenters. The normalized spacial score (nSPS) is 28.3. The predicted molar refractivity (Wildman–Crippen MR) is 234 cm³/mol. The van der Waals surface area contributed by atoms with Gasteiger partial charge in [0.25, 0.3) is 6.29 Å². The van der Waals surface area contributed by atoms with Crippen LogP contribution in [0.3, 0.4) is 0 Å². The molecule has 6 rings (SSSR count). The lowest BCUT2D eigenvalue weighted by Crippen LogP contribution is -2.57. The van der Waals surface area contributed by atoms with Crippen LogP contribution in [0.1, 0.15) is 64.2 Å². The number of ether oxygens (including phenoxy) is 8. The van der Waals surface area contributed by atoms with Crippen LogP contribution < -0.4 is 18.9 Å². The number of aliphatic hydroxyl groups is 2. The number of aliphatic hydroxyl groups excluding tert-OH is 1. The van der Waals surface area contributed by atoms with Gasteiger partial charge in [-0.2, -0.15) is 0 Å². The van der Waals surface area contributed by atoms with E-state index in [1.807, 2.05) is 30.3 Å². The summed E-state index contributed by atoms with van der Waals surface area (Å²) in [4.78, 5) is 13.7. The third-order valence-electron chi connectivity index (χ3n) is 13.7. The minimum atomic E-state index is -2.33. The Hall–Kier alpha value is -3.52. The van der Waals surface area contributed by atoms with Crippen molar-refractivity contribution in [2.45, 2.75) is 126 Å². The molecular formula is C46H66O13Si2. The van der Waals surface area contributed by atoms with Crippen LogP contribution in [0.15, 0.2) is 66.7 Å². The Morgan fingerprint density at radius 2 is 1.49 bits per heavy atom. The molecule has 3 aliphatic rings. The van der Waals surface area contributed by atoms with Gasteiger partial charge in [0.05, 0.1) is 52.1 Å². The third-order valence-corrected chi connectivity index (χ3v) is 22.7. The number of carbonyl (C=O) groups excluding carboxylic acids is 1. The molecule has 0 aromatic heterocycles. The van der Waals surface area contributed by atoms with Gasteiger partial charge in [0.2, 0.25) is 6.29 Å². The fourth-order valence-electron chi connectivity index (χ4n) is 8.27. The summed E-state index contributed by atoms with van der Waals surface area (Å²) in [5, 5.41) is 25.6. The second-order valence-electron chi connectivity index (χ2n) is 19.3. The first-order valence-electron chi connectivity index (χ1n) is 20.9. The van der Waals surface area contributed by atoms with Gasteiger partial charge in [0, 0.05) is 25.2 Å². The Labute approximate surface area is 363 Å². The van der Waals surface area contributed by atoms with Crippen molar-refractivity contribution in [3.63, 3.8) is 0 Å². The zero-order chi connectivity index (χ0) is 44.9. The topological polar surface area (TPSA) is 150 Å². The molecule has 13 nitrogen and oxygen atoms in total. The number of benzene rings is 3. The Balaban J connectivity index is 1.42. The van der Waals surface area contributed by atoms with Gasteiger partial charge in [-0.15, -0.1) is 0 Å². The van der Waals surface area contributed by atoms with E-state index in [9.17, 15) is 15.0 Å². The predicted octanol–water partition coefficient (Wildman–Crippen LogP) is 7.63.